The van der Waals surface area contributed by atoms with Crippen LogP contribution in [-0.2, 0) is 0 Å². The number of nitrogens with zero attached hydrogens (tertiary/aromatic N) is 4. The van der Waals surface area contributed by atoms with Crippen LogP contribution in [0.1, 0.15) is 107 Å². The third-order valence-electron chi connectivity index (χ3n) is 8.61. The second-order valence-corrected chi connectivity index (χ2v) is 11.6. The van der Waals surface area contributed by atoms with Gasteiger partial charge in [0.15, 0.2) is 0 Å². The van der Waals surface area contributed by atoms with E-state index in [9.17, 15) is 25.9 Å². The standard InChI is InChI=1S/2C13H25N2.2BF3.2FH/c2*1-10-5-6-11(2)14(10)9-15-12(3)7-8-13(15)4;2*2-1(3)4;;/h2*9-13H,5-8H2,1-4H3;;;2*1H/q2*+1;;;;/p-2/t2*10-,11-,12-,13-;;;;/m10..../s1. The van der Waals surface area contributed by atoms with Gasteiger partial charge in [-0.15, -0.1) is 0 Å². The molecule has 0 unspecified atom stereocenters. The maximum atomic E-state index is 9.67. The van der Waals surface area contributed by atoms with Gasteiger partial charge in [0.25, 0.3) is 0 Å². The molecule has 4 aliphatic rings. The molecular formula is C26H50B2F8N4. The van der Waals surface area contributed by atoms with E-state index in [1.807, 2.05) is 0 Å². The number of hydrogen-bond acceptors (Lipinski definition) is 0. The summed E-state index contributed by atoms with van der Waals surface area (Å²) in [6.07, 6.45) is 15.7. The summed E-state index contributed by atoms with van der Waals surface area (Å²) < 4.78 is 63.1. The number of rotatable bonds is 2. The average Bonchev–Trinajstić information content (AvgIpc) is 3.51. The van der Waals surface area contributed by atoms with Crippen LogP contribution in [0.4, 0.5) is 25.9 Å². The summed E-state index contributed by atoms with van der Waals surface area (Å²) >= 11 is 0. The summed E-state index contributed by atoms with van der Waals surface area (Å²) in [5.74, 6) is 0. The van der Waals surface area contributed by atoms with Crippen LogP contribution in [0.15, 0.2) is 0 Å². The molecule has 0 amide bonds. The van der Waals surface area contributed by atoms with Crippen molar-refractivity contribution in [1.29, 1.82) is 0 Å². The van der Waals surface area contributed by atoms with Crippen molar-refractivity contribution in [3.05, 3.63) is 0 Å². The first kappa shape index (κ1) is 40.6. The van der Waals surface area contributed by atoms with E-state index in [0.29, 0.717) is 0 Å². The van der Waals surface area contributed by atoms with Crippen LogP contribution in [-0.4, -0.2) is 95.1 Å². The van der Waals surface area contributed by atoms with E-state index in [4.69, 9.17) is 0 Å². The Morgan fingerprint density at radius 3 is 0.800 bits per heavy atom. The first-order chi connectivity index (χ1) is 17.6. The highest BCUT2D eigenvalue weighted by Gasteiger charge is 2.35. The zero-order valence-electron chi connectivity index (χ0n) is 25.4. The Morgan fingerprint density at radius 1 is 0.450 bits per heavy atom. The second kappa shape index (κ2) is 19.6. The average molecular weight is 592 g/mol. The van der Waals surface area contributed by atoms with Crippen molar-refractivity contribution < 1.29 is 44.5 Å². The molecule has 0 saturated carbocycles. The summed E-state index contributed by atoms with van der Waals surface area (Å²) in [5, 5.41) is 0. The number of halogens is 8. The summed E-state index contributed by atoms with van der Waals surface area (Å²) in [5.41, 5.74) is 0. The molecule has 0 bridgehead atoms. The van der Waals surface area contributed by atoms with Crippen molar-refractivity contribution in [3.63, 3.8) is 0 Å². The lowest BCUT2D eigenvalue weighted by molar-refractivity contribution is -0.571. The Balaban J connectivity index is 0. The Labute approximate surface area is 237 Å². The minimum atomic E-state index is -3.67. The topological polar surface area (TPSA) is 12.5 Å². The second-order valence-electron chi connectivity index (χ2n) is 11.6. The number of hydrogen-bond donors (Lipinski definition) is 0. The van der Waals surface area contributed by atoms with Gasteiger partial charge in [0.05, 0.1) is 48.3 Å². The van der Waals surface area contributed by atoms with Crippen LogP contribution in [0.5, 0.6) is 0 Å². The minimum Gasteiger partial charge on any atom is -1.00 e. The fourth-order valence-corrected chi connectivity index (χ4v) is 6.08. The first-order valence-electron chi connectivity index (χ1n) is 14.3. The molecule has 0 aromatic rings. The molecule has 4 saturated heterocycles. The predicted octanol–water partition coefficient (Wildman–Crippen LogP) is 0.709. The van der Waals surface area contributed by atoms with E-state index in [1.54, 1.807) is 0 Å². The molecule has 4 fully saturated rings. The van der Waals surface area contributed by atoms with Gasteiger partial charge in [-0.05, 0) is 107 Å². The molecule has 14 heteroatoms. The Hall–Kier alpha value is -1.49. The molecule has 0 aromatic heterocycles. The maximum absolute atomic E-state index is 9.67. The third kappa shape index (κ3) is 13.4. The van der Waals surface area contributed by atoms with Gasteiger partial charge in [-0.25, -0.2) is 0 Å². The lowest BCUT2D eigenvalue weighted by Crippen LogP contribution is -3.00. The first-order valence-corrected chi connectivity index (χ1v) is 14.3. The zero-order chi connectivity index (χ0) is 29.2. The lowest BCUT2D eigenvalue weighted by atomic mass is 10.2. The predicted molar refractivity (Wildman–Crippen MR) is 147 cm³/mol. The van der Waals surface area contributed by atoms with Gasteiger partial charge in [-0.2, -0.15) is 0 Å². The quantitative estimate of drug-likeness (QED) is 0.203. The van der Waals surface area contributed by atoms with Crippen molar-refractivity contribution in [2.24, 2.45) is 0 Å². The van der Waals surface area contributed by atoms with E-state index < -0.39 is 15.1 Å². The number of likely N-dealkylation sites (tertiary alicyclic amines) is 2. The van der Waals surface area contributed by atoms with Gasteiger partial charge in [0.1, 0.15) is 0 Å². The Kier molecular flexibility index (Phi) is 19.9. The highest BCUT2D eigenvalue weighted by atomic mass is 19.4. The Morgan fingerprint density at radius 2 is 0.625 bits per heavy atom. The van der Waals surface area contributed by atoms with Crippen LogP contribution in [0.25, 0.3) is 0 Å². The molecule has 40 heavy (non-hydrogen) atoms. The van der Waals surface area contributed by atoms with Crippen LogP contribution < -0.4 is 9.41 Å². The van der Waals surface area contributed by atoms with Crippen molar-refractivity contribution in [2.75, 3.05) is 0 Å². The monoisotopic (exact) mass is 592 g/mol. The summed E-state index contributed by atoms with van der Waals surface area (Å²) in [7, 11) is -7.33. The summed E-state index contributed by atoms with van der Waals surface area (Å²) in [4.78, 5) is 5.14. The summed E-state index contributed by atoms with van der Waals surface area (Å²) in [6, 6.07) is 5.89. The fraction of sp³-hybridized carbons (Fsp3) is 0.923. The highest BCUT2D eigenvalue weighted by molar-refractivity contribution is 6.33. The molecule has 4 nitrogen and oxygen atoms in total. The van der Waals surface area contributed by atoms with E-state index in [2.05, 4.69) is 87.0 Å². The highest BCUT2D eigenvalue weighted by Crippen LogP contribution is 2.25. The van der Waals surface area contributed by atoms with Gasteiger partial charge in [0.2, 0.25) is 12.7 Å². The molecule has 0 spiro atoms. The van der Waals surface area contributed by atoms with E-state index in [1.165, 1.54) is 51.4 Å². The molecule has 236 valence electrons. The molecule has 0 radical (unpaired) electrons. The van der Waals surface area contributed by atoms with Crippen LogP contribution in [0.2, 0.25) is 0 Å². The lowest BCUT2D eigenvalue weighted by Gasteiger charge is -2.20. The van der Waals surface area contributed by atoms with Gasteiger partial charge in [-0.1, -0.05) is 0 Å². The van der Waals surface area contributed by atoms with E-state index in [0.717, 1.165) is 48.3 Å². The zero-order valence-corrected chi connectivity index (χ0v) is 25.4. The molecule has 4 rings (SSSR count). The van der Waals surface area contributed by atoms with Crippen molar-refractivity contribution in [3.8, 4) is 0 Å². The maximum Gasteiger partial charge on any atom is 0.762 e. The minimum absolute atomic E-state index is 0. The van der Waals surface area contributed by atoms with E-state index in [-0.39, 0.29) is 9.41 Å². The molecule has 4 aliphatic heterocycles. The van der Waals surface area contributed by atoms with Gasteiger partial charge in [-0.3, -0.25) is 44.8 Å². The van der Waals surface area contributed by atoms with Gasteiger partial charge in [0, 0.05) is 0 Å². The van der Waals surface area contributed by atoms with Crippen molar-refractivity contribution in [2.45, 2.75) is 155 Å². The normalized spacial score (nSPS) is 32.4. The SMILES string of the molecule is C[C@@H]1CC[C@@H](C)N1C=[N+]1[C@H](C)CC[C@H]1C.C[C@H]1CC[C@H](C)N1C=[N+]1[C@@H](C)CC[C@@H]1C.FB(F)F.FB(F)F.[F-].[F-]. The molecule has 4 heterocycles. The molecule has 0 aliphatic carbocycles. The molecular weight excluding hydrogens is 542 g/mol. The molecule has 8 atom stereocenters. The Bertz CT molecular complexity index is 640. The van der Waals surface area contributed by atoms with Gasteiger partial charge < -0.3 is 9.41 Å². The van der Waals surface area contributed by atoms with E-state index >= 15 is 0 Å². The third-order valence-corrected chi connectivity index (χ3v) is 8.61. The van der Waals surface area contributed by atoms with Crippen LogP contribution >= 0.6 is 0 Å². The molecule has 0 N–H and O–H groups in total. The molecule has 0 aromatic carbocycles. The smallest absolute Gasteiger partial charge is 0.762 e. The largest absolute Gasteiger partial charge is 1.00 e. The van der Waals surface area contributed by atoms with Crippen molar-refractivity contribution in [1.82, 2.24) is 9.80 Å². The van der Waals surface area contributed by atoms with Gasteiger partial charge >= 0.3 is 15.1 Å². The van der Waals surface area contributed by atoms with Crippen molar-refractivity contribution >= 4 is 27.8 Å². The van der Waals surface area contributed by atoms with Crippen LogP contribution in [0.3, 0.4) is 0 Å². The summed E-state index contributed by atoms with van der Waals surface area (Å²) in [6.45, 7) is 18.8. The van der Waals surface area contributed by atoms with Crippen LogP contribution in [0, 0.1) is 0 Å². The fourth-order valence-electron chi connectivity index (χ4n) is 6.08.